The van der Waals surface area contributed by atoms with E-state index in [1.807, 2.05) is 11.8 Å². The average Bonchev–Trinajstić information content (AvgIpc) is 2.81. The smallest absolute Gasteiger partial charge is 0.157 e. The molecule has 1 fully saturated rings. The van der Waals surface area contributed by atoms with Crippen molar-refractivity contribution >= 4 is 16.9 Å². The summed E-state index contributed by atoms with van der Waals surface area (Å²) in [5, 5.41) is 5.54. The van der Waals surface area contributed by atoms with Crippen molar-refractivity contribution < 1.29 is 0 Å². The van der Waals surface area contributed by atoms with Crippen molar-refractivity contribution in [2.24, 2.45) is 10.9 Å². The number of likely N-dealkylation sites (tertiary alicyclic amines) is 1. The Balaban J connectivity index is 1.69. The van der Waals surface area contributed by atoms with Crippen molar-refractivity contribution in [1.29, 1.82) is 0 Å². The molecule has 2 aliphatic heterocycles. The summed E-state index contributed by atoms with van der Waals surface area (Å²) in [6, 6.07) is 0.648. The first-order chi connectivity index (χ1) is 8.69. The number of nitrogens with zero attached hydrogens (tertiary/aromatic N) is 2. The number of amidine groups is 1. The van der Waals surface area contributed by atoms with E-state index >= 15 is 0 Å². The molecule has 3 nitrogen and oxygen atoms in total. The van der Waals surface area contributed by atoms with E-state index in [0.717, 1.165) is 12.5 Å². The van der Waals surface area contributed by atoms with Gasteiger partial charge in [0.1, 0.15) is 0 Å². The number of rotatable bonds is 4. The predicted molar refractivity (Wildman–Crippen MR) is 81.4 cm³/mol. The number of piperidine rings is 1. The zero-order valence-corrected chi connectivity index (χ0v) is 12.8. The van der Waals surface area contributed by atoms with Crippen LogP contribution in [-0.2, 0) is 0 Å². The van der Waals surface area contributed by atoms with Crippen molar-refractivity contribution in [2.75, 3.05) is 26.2 Å². The second-order valence-electron chi connectivity index (χ2n) is 5.81. The molecule has 0 aromatic rings. The van der Waals surface area contributed by atoms with Crippen LogP contribution in [0.4, 0.5) is 0 Å². The molecule has 0 radical (unpaired) electrons. The minimum absolute atomic E-state index is 0.648. The van der Waals surface area contributed by atoms with Crippen molar-refractivity contribution in [3.05, 3.63) is 0 Å². The molecule has 2 aliphatic rings. The van der Waals surface area contributed by atoms with Gasteiger partial charge in [-0.15, -0.1) is 0 Å². The third-order valence-corrected chi connectivity index (χ3v) is 5.34. The summed E-state index contributed by atoms with van der Waals surface area (Å²) in [6.45, 7) is 11.6. The lowest BCUT2D eigenvalue weighted by Crippen LogP contribution is -2.44. The lowest BCUT2D eigenvalue weighted by Gasteiger charge is -2.32. The highest BCUT2D eigenvalue weighted by molar-refractivity contribution is 8.14. The van der Waals surface area contributed by atoms with Gasteiger partial charge in [-0.3, -0.25) is 4.99 Å². The summed E-state index contributed by atoms with van der Waals surface area (Å²) >= 11 is 1.95. The molecular weight excluding hydrogens is 242 g/mol. The van der Waals surface area contributed by atoms with Gasteiger partial charge in [0.05, 0.1) is 6.54 Å². The highest BCUT2D eigenvalue weighted by atomic mass is 32.2. The molecule has 0 amide bonds. The van der Waals surface area contributed by atoms with Gasteiger partial charge in [-0.1, -0.05) is 32.5 Å². The van der Waals surface area contributed by atoms with Crippen LogP contribution in [0.5, 0.6) is 0 Å². The van der Waals surface area contributed by atoms with Gasteiger partial charge in [0.2, 0.25) is 0 Å². The summed E-state index contributed by atoms with van der Waals surface area (Å²) in [6.07, 6.45) is 3.81. The molecule has 104 valence electrons. The fourth-order valence-electron chi connectivity index (χ4n) is 2.61. The number of thioether (sulfide) groups is 1. The molecule has 4 heteroatoms. The molecule has 1 N–H and O–H groups in total. The molecule has 0 aromatic carbocycles. The Labute approximate surface area is 116 Å². The van der Waals surface area contributed by atoms with Crippen LogP contribution < -0.4 is 5.32 Å². The van der Waals surface area contributed by atoms with Crippen molar-refractivity contribution in [1.82, 2.24) is 10.2 Å². The van der Waals surface area contributed by atoms with E-state index in [0.29, 0.717) is 11.3 Å². The maximum absolute atomic E-state index is 4.64. The van der Waals surface area contributed by atoms with E-state index in [9.17, 15) is 0 Å². The second kappa shape index (κ2) is 6.80. The molecular formula is C14H27N3S. The molecule has 0 aromatic heterocycles. The third kappa shape index (κ3) is 3.89. The van der Waals surface area contributed by atoms with Gasteiger partial charge in [0, 0.05) is 24.4 Å². The predicted octanol–water partition coefficient (Wildman–Crippen LogP) is 2.58. The van der Waals surface area contributed by atoms with E-state index in [2.05, 4.69) is 36.0 Å². The van der Waals surface area contributed by atoms with Gasteiger partial charge in [-0.05, 0) is 31.7 Å². The standard InChI is InChI=1S/C14H27N3S/c1-4-7-17-8-5-12(6-9-17)16-14-15-10-13(18-14)11(2)3/h11-13H,4-10H2,1-3H3,(H,15,16). The quantitative estimate of drug-likeness (QED) is 0.850. The summed E-state index contributed by atoms with van der Waals surface area (Å²) in [4.78, 5) is 7.22. The second-order valence-corrected chi connectivity index (χ2v) is 7.03. The minimum Gasteiger partial charge on any atom is -0.362 e. The molecule has 18 heavy (non-hydrogen) atoms. The summed E-state index contributed by atoms with van der Waals surface area (Å²) in [5.41, 5.74) is 0. The van der Waals surface area contributed by atoms with Crippen molar-refractivity contribution in [2.45, 2.75) is 51.3 Å². The van der Waals surface area contributed by atoms with Gasteiger partial charge in [-0.25, -0.2) is 0 Å². The molecule has 0 bridgehead atoms. The molecule has 2 heterocycles. The zero-order chi connectivity index (χ0) is 13.0. The van der Waals surface area contributed by atoms with Gasteiger partial charge >= 0.3 is 0 Å². The molecule has 0 aliphatic carbocycles. The van der Waals surface area contributed by atoms with Crippen LogP contribution in [0, 0.1) is 5.92 Å². The van der Waals surface area contributed by atoms with E-state index in [1.165, 1.54) is 44.1 Å². The Morgan fingerprint density at radius 1 is 1.39 bits per heavy atom. The van der Waals surface area contributed by atoms with E-state index < -0.39 is 0 Å². The van der Waals surface area contributed by atoms with Crippen LogP contribution in [-0.4, -0.2) is 47.5 Å². The van der Waals surface area contributed by atoms with Gasteiger partial charge in [0.25, 0.3) is 0 Å². The normalized spacial score (nSPS) is 26.7. The molecule has 2 rings (SSSR count). The Bertz CT molecular complexity index is 283. The number of hydrogen-bond donors (Lipinski definition) is 1. The SMILES string of the molecule is CCCN1CCC(NC2=NCC(C(C)C)S2)CC1. The van der Waals surface area contributed by atoms with Gasteiger partial charge in [0.15, 0.2) is 5.17 Å². The maximum atomic E-state index is 4.64. The van der Waals surface area contributed by atoms with E-state index in [1.54, 1.807) is 0 Å². The first-order valence-corrected chi connectivity index (χ1v) is 8.27. The monoisotopic (exact) mass is 269 g/mol. The van der Waals surface area contributed by atoms with Crippen LogP contribution in [0.2, 0.25) is 0 Å². The Hall–Kier alpha value is -0.220. The van der Waals surface area contributed by atoms with Gasteiger partial charge in [-0.2, -0.15) is 0 Å². The van der Waals surface area contributed by atoms with E-state index in [4.69, 9.17) is 0 Å². The Morgan fingerprint density at radius 3 is 2.67 bits per heavy atom. The zero-order valence-electron chi connectivity index (χ0n) is 12.0. The van der Waals surface area contributed by atoms with Crippen LogP contribution in [0.25, 0.3) is 0 Å². The fourth-order valence-corrected chi connectivity index (χ4v) is 3.70. The Kier molecular flexibility index (Phi) is 5.37. The van der Waals surface area contributed by atoms with Crippen LogP contribution in [0.1, 0.15) is 40.0 Å². The number of aliphatic imine (C=N–C) groups is 1. The summed E-state index contributed by atoms with van der Waals surface area (Å²) < 4.78 is 0. The topological polar surface area (TPSA) is 27.6 Å². The third-order valence-electron chi connectivity index (χ3n) is 3.88. The molecule has 1 saturated heterocycles. The highest BCUT2D eigenvalue weighted by Crippen LogP contribution is 2.26. The highest BCUT2D eigenvalue weighted by Gasteiger charge is 2.25. The molecule has 1 unspecified atom stereocenters. The Morgan fingerprint density at radius 2 is 2.11 bits per heavy atom. The van der Waals surface area contributed by atoms with Crippen LogP contribution in [0.15, 0.2) is 4.99 Å². The lowest BCUT2D eigenvalue weighted by molar-refractivity contribution is 0.207. The first-order valence-electron chi connectivity index (χ1n) is 7.39. The molecule has 0 spiro atoms. The number of hydrogen-bond acceptors (Lipinski definition) is 4. The average molecular weight is 269 g/mol. The first kappa shape index (κ1) is 14.2. The van der Waals surface area contributed by atoms with E-state index in [-0.39, 0.29) is 0 Å². The number of nitrogens with one attached hydrogen (secondary N) is 1. The summed E-state index contributed by atoms with van der Waals surface area (Å²) in [7, 11) is 0. The largest absolute Gasteiger partial charge is 0.362 e. The lowest BCUT2D eigenvalue weighted by atomic mass is 10.1. The van der Waals surface area contributed by atoms with Crippen LogP contribution in [0.3, 0.4) is 0 Å². The van der Waals surface area contributed by atoms with Crippen LogP contribution >= 0.6 is 11.8 Å². The molecule has 0 saturated carbocycles. The maximum Gasteiger partial charge on any atom is 0.157 e. The summed E-state index contributed by atoms with van der Waals surface area (Å²) in [5.74, 6) is 0.726. The minimum atomic E-state index is 0.648. The van der Waals surface area contributed by atoms with Crippen molar-refractivity contribution in [3.8, 4) is 0 Å². The fraction of sp³-hybridized carbons (Fsp3) is 0.929. The van der Waals surface area contributed by atoms with Gasteiger partial charge < -0.3 is 10.2 Å². The van der Waals surface area contributed by atoms with Crippen molar-refractivity contribution in [3.63, 3.8) is 0 Å². The molecule has 1 atom stereocenters.